The quantitative estimate of drug-likeness (QED) is 0.357. The van der Waals surface area contributed by atoms with E-state index < -0.39 is 5.97 Å². The Balaban J connectivity index is 3.72. The van der Waals surface area contributed by atoms with Gasteiger partial charge in [-0.05, 0) is 6.42 Å². The lowest BCUT2D eigenvalue weighted by atomic mass is 10.1. The smallest absolute Gasteiger partial charge is 0.328 e. The molecular weight excluding hydrogens is 294 g/mol. The van der Waals surface area contributed by atoms with Gasteiger partial charge < -0.3 is 15.1 Å². The first-order valence-corrected chi connectivity index (χ1v) is 8.92. The molecule has 0 spiro atoms. The monoisotopic (exact) mass is 327 g/mol. The number of amides is 1. The summed E-state index contributed by atoms with van der Waals surface area (Å²) in [5.74, 6) is -1.49. The maximum absolute atomic E-state index is 11.8. The molecule has 0 radical (unpaired) electrons. The number of carbonyl (C=O) groups excluding carboxylic acids is 1. The highest BCUT2D eigenvalue weighted by Crippen LogP contribution is 2.10. The maximum Gasteiger partial charge on any atom is 0.328 e. The number of aliphatic hydroxyl groups excluding tert-OH is 1. The van der Waals surface area contributed by atoms with Crippen LogP contribution in [0.1, 0.15) is 71.1 Å². The number of unbranched alkanes of at least 4 members (excludes halogenated alkanes) is 9. The van der Waals surface area contributed by atoms with Crippen molar-refractivity contribution in [2.75, 3.05) is 19.7 Å². The molecule has 5 nitrogen and oxygen atoms in total. The molecule has 0 aliphatic heterocycles. The lowest BCUT2D eigenvalue weighted by molar-refractivity contribution is -0.132. The third kappa shape index (κ3) is 14.0. The average Bonchev–Trinajstić information content (AvgIpc) is 2.53. The minimum absolute atomic E-state index is 0.107. The predicted octanol–water partition coefficient (Wildman–Crippen LogP) is 3.37. The van der Waals surface area contributed by atoms with Crippen molar-refractivity contribution < 1.29 is 19.8 Å². The Hall–Kier alpha value is -1.36. The van der Waals surface area contributed by atoms with Crippen LogP contribution in [0, 0.1) is 0 Å². The molecule has 0 rings (SSSR count). The molecule has 0 fully saturated rings. The first-order valence-electron chi connectivity index (χ1n) is 8.92. The summed E-state index contributed by atoms with van der Waals surface area (Å²) < 4.78 is 0. The summed E-state index contributed by atoms with van der Waals surface area (Å²) in [5.41, 5.74) is 0. The van der Waals surface area contributed by atoms with Crippen molar-refractivity contribution in [2.24, 2.45) is 0 Å². The fourth-order valence-corrected chi connectivity index (χ4v) is 2.49. The normalized spacial score (nSPS) is 11.0. The highest BCUT2D eigenvalue weighted by atomic mass is 16.4. The molecule has 0 aliphatic rings. The fraction of sp³-hybridized carbons (Fsp3) is 0.778. The molecule has 0 aliphatic carbocycles. The molecule has 5 heteroatoms. The molecule has 1 amide bonds. The molecular formula is C18H33NO4. The Labute approximate surface area is 140 Å². The van der Waals surface area contributed by atoms with Crippen LogP contribution in [0.4, 0.5) is 0 Å². The second kappa shape index (κ2) is 15.5. The Morgan fingerprint density at radius 3 is 1.83 bits per heavy atom. The summed E-state index contributed by atoms with van der Waals surface area (Å²) in [7, 11) is 0. The number of carboxylic acids is 1. The van der Waals surface area contributed by atoms with Gasteiger partial charge in [-0.1, -0.05) is 64.7 Å². The topological polar surface area (TPSA) is 77.8 Å². The van der Waals surface area contributed by atoms with Crippen molar-refractivity contribution in [3.05, 3.63) is 12.2 Å². The summed E-state index contributed by atoms with van der Waals surface area (Å²) in [5, 5.41) is 17.5. The molecule has 0 heterocycles. The third-order valence-corrected chi connectivity index (χ3v) is 3.83. The maximum atomic E-state index is 11.8. The van der Waals surface area contributed by atoms with E-state index in [2.05, 4.69) is 6.92 Å². The number of nitrogens with zero attached hydrogens (tertiary/aromatic N) is 1. The van der Waals surface area contributed by atoms with Gasteiger partial charge in [0.05, 0.1) is 6.61 Å². The molecule has 0 aromatic carbocycles. The van der Waals surface area contributed by atoms with Crippen molar-refractivity contribution in [2.45, 2.75) is 71.1 Å². The van der Waals surface area contributed by atoms with Gasteiger partial charge in [-0.15, -0.1) is 0 Å². The summed E-state index contributed by atoms with van der Waals surface area (Å²) in [4.78, 5) is 23.7. The van der Waals surface area contributed by atoms with Gasteiger partial charge in [0.1, 0.15) is 0 Å². The van der Waals surface area contributed by atoms with Crippen molar-refractivity contribution in [1.82, 2.24) is 4.90 Å². The van der Waals surface area contributed by atoms with Gasteiger partial charge in [-0.2, -0.15) is 0 Å². The Kier molecular flexibility index (Phi) is 14.6. The molecule has 23 heavy (non-hydrogen) atoms. The van der Waals surface area contributed by atoms with Crippen molar-refractivity contribution in [3.8, 4) is 0 Å². The van der Waals surface area contributed by atoms with E-state index in [1.165, 1.54) is 56.3 Å². The Morgan fingerprint density at radius 2 is 1.35 bits per heavy atom. The van der Waals surface area contributed by atoms with Crippen LogP contribution in [0.5, 0.6) is 0 Å². The molecule has 0 unspecified atom stereocenters. The lowest BCUT2D eigenvalue weighted by Crippen LogP contribution is -2.33. The second-order valence-electron chi connectivity index (χ2n) is 5.90. The number of aliphatic hydroxyl groups is 1. The average molecular weight is 327 g/mol. The number of rotatable bonds is 15. The summed E-state index contributed by atoms with van der Waals surface area (Å²) in [6.45, 7) is 2.94. The summed E-state index contributed by atoms with van der Waals surface area (Å²) >= 11 is 0. The zero-order valence-electron chi connectivity index (χ0n) is 14.5. The molecule has 2 N–H and O–H groups in total. The van der Waals surface area contributed by atoms with E-state index in [0.717, 1.165) is 25.0 Å². The van der Waals surface area contributed by atoms with Crippen molar-refractivity contribution in [1.29, 1.82) is 0 Å². The number of carbonyl (C=O) groups is 2. The van der Waals surface area contributed by atoms with Crippen LogP contribution in [0.3, 0.4) is 0 Å². The lowest BCUT2D eigenvalue weighted by Gasteiger charge is -2.19. The highest BCUT2D eigenvalue weighted by molar-refractivity contribution is 5.93. The number of carboxylic acid groups (broad SMARTS) is 1. The molecule has 0 aromatic heterocycles. The zero-order valence-corrected chi connectivity index (χ0v) is 14.5. The van der Waals surface area contributed by atoms with E-state index >= 15 is 0 Å². The van der Waals surface area contributed by atoms with Gasteiger partial charge in [-0.3, -0.25) is 4.79 Å². The standard InChI is InChI=1S/C18H33NO4/c1-2-3-4-5-6-7-8-9-10-11-14-19(15-16-20)17(21)12-13-18(22)23/h12-13,20H,2-11,14-16H2,1H3,(H,22,23)/b13-12-. The molecule has 0 bridgehead atoms. The van der Waals surface area contributed by atoms with Gasteiger partial charge in [0, 0.05) is 25.2 Å². The fourth-order valence-electron chi connectivity index (χ4n) is 2.49. The van der Waals surface area contributed by atoms with Gasteiger partial charge in [0.15, 0.2) is 0 Å². The van der Waals surface area contributed by atoms with Gasteiger partial charge >= 0.3 is 5.97 Å². The second-order valence-corrected chi connectivity index (χ2v) is 5.90. The molecule has 0 atom stereocenters. The summed E-state index contributed by atoms with van der Waals surface area (Å²) in [6.07, 6.45) is 14.1. The number of hydrogen-bond acceptors (Lipinski definition) is 3. The van der Waals surface area contributed by atoms with Crippen LogP contribution < -0.4 is 0 Å². The van der Waals surface area contributed by atoms with E-state index in [0.29, 0.717) is 6.54 Å². The molecule has 0 saturated heterocycles. The van der Waals surface area contributed by atoms with Crippen LogP contribution >= 0.6 is 0 Å². The van der Waals surface area contributed by atoms with Crippen LogP contribution in [-0.4, -0.2) is 46.7 Å². The number of hydrogen-bond donors (Lipinski definition) is 2. The van der Waals surface area contributed by atoms with Gasteiger partial charge in [0.2, 0.25) is 5.91 Å². The molecule has 0 aromatic rings. The van der Waals surface area contributed by atoms with E-state index in [1.54, 1.807) is 0 Å². The first kappa shape index (κ1) is 21.6. The Morgan fingerprint density at radius 1 is 0.826 bits per heavy atom. The predicted molar refractivity (Wildman–Crippen MR) is 92.3 cm³/mol. The number of aliphatic carboxylic acids is 1. The molecule has 134 valence electrons. The molecule has 0 saturated carbocycles. The third-order valence-electron chi connectivity index (χ3n) is 3.83. The van der Waals surface area contributed by atoms with Crippen LogP contribution in [0.25, 0.3) is 0 Å². The zero-order chi connectivity index (χ0) is 17.3. The van der Waals surface area contributed by atoms with Gasteiger partial charge in [-0.25, -0.2) is 4.79 Å². The largest absolute Gasteiger partial charge is 0.478 e. The van der Waals surface area contributed by atoms with E-state index in [9.17, 15) is 9.59 Å². The van der Waals surface area contributed by atoms with Crippen LogP contribution in [0.15, 0.2) is 12.2 Å². The van der Waals surface area contributed by atoms with E-state index in [-0.39, 0.29) is 19.1 Å². The van der Waals surface area contributed by atoms with Gasteiger partial charge in [0.25, 0.3) is 0 Å². The SMILES string of the molecule is CCCCCCCCCCCCN(CCO)C(=O)/C=C\C(=O)O. The Bertz CT molecular complexity index is 342. The van der Waals surface area contributed by atoms with Crippen LogP contribution in [-0.2, 0) is 9.59 Å². The minimum atomic E-state index is -1.14. The van der Waals surface area contributed by atoms with Crippen LogP contribution in [0.2, 0.25) is 0 Å². The minimum Gasteiger partial charge on any atom is -0.478 e. The first-order chi connectivity index (χ1) is 11.1. The van der Waals surface area contributed by atoms with Crippen molar-refractivity contribution in [3.63, 3.8) is 0 Å². The summed E-state index contributed by atoms with van der Waals surface area (Å²) in [6, 6.07) is 0. The van der Waals surface area contributed by atoms with E-state index in [1.807, 2.05) is 0 Å². The highest BCUT2D eigenvalue weighted by Gasteiger charge is 2.09. The van der Waals surface area contributed by atoms with Crippen molar-refractivity contribution >= 4 is 11.9 Å². The van der Waals surface area contributed by atoms with E-state index in [4.69, 9.17) is 10.2 Å².